The summed E-state index contributed by atoms with van der Waals surface area (Å²) in [6.45, 7) is 9.61. The van der Waals surface area contributed by atoms with Crippen LogP contribution in [0.4, 0.5) is 4.79 Å². The molecule has 150 valence electrons. The van der Waals surface area contributed by atoms with Gasteiger partial charge in [0, 0.05) is 31.6 Å². The lowest BCUT2D eigenvalue weighted by Crippen LogP contribution is -2.51. The number of Topliss-reactive ketones (excluding diaryl/α,β-unsaturated/α-hetero) is 1. The van der Waals surface area contributed by atoms with Gasteiger partial charge in [-0.3, -0.25) is 4.79 Å². The summed E-state index contributed by atoms with van der Waals surface area (Å²) in [5.74, 6) is 1.00. The van der Waals surface area contributed by atoms with Gasteiger partial charge in [0.2, 0.25) is 0 Å². The van der Waals surface area contributed by atoms with Gasteiger partial charge in [-0.05, 0) is 58.2 Å². The molecule has 1 aromatic rings. The first-order valence-corrected chi connectivity index (χ1v) is 9.48. The number of nitrogens with zero attached hydrogens (tertiary/aromatic N) is 1. The summed E-state index contributed by atoms with van der Waals surface area (Å²) in [4.78, 5) is 26.3. The first-order chi connectivity index (χ1) is 12.6. The predicted molar refractivity (Wildman–Crippen MR) is 105 cm³/mol. The fourth-order valence-electron chi connectivity index (χ4n) is 3.29. The molecule has 0 aromatic heterocycles. The van der Waals surface area contributed by atoms with Gasteiger partial charge in [0.1, 0.15) is 17.1 Å². The van der Waals surface area contributed by atoms with Gasteiger partial charge in [0.05, 0.1) is 7.11 Å². The standard InChI is InChI=1S/C21H32N2O4/c1-16(24)21(15-22-14-17-6-8-18(26-5)9-7-17)10-12-23(13-11-21)19(25)27-20(2,3)4/h6-9,22H,10-15H2,1-5H3. The minimum Gasteiger partial charge on any atom is -0.497 e. The Bertz CT molecular complexity index is 641. The van der Waals surface area contributed by atoms with Crippen molar-refractivity contribution in [1.82, 2.24) is 10.2 Å². The Hall–Kier alpha value is -2.08. The molecule has 1 saturated heterocycles. The number of ketones is 1. The number of likely N-dealkylation sites (tertiary alicyclic amines) is 1. The average molecular weight is 376 g/mol. The summed E-state index contributed by atoms with van der Waals surface area (Å²) in [7, 11) is 1.65. The number of hydrogen-bond donors (Lipinski definition) is 1. The van der Waals surface area contributed by atoms with Crippen LogP contribution in [0.15, 0.2) is 24.3 Å². The monoisotopic (exact) mass is 376 g/mol. The third-order valence-corrected chi connectivity index (χ3v) is 5.07. The summed E-state index contributed by atoms with van der Waals surface area (Å²) in [5, 5.41) is 3.42. The van der Waals surface area contributed by atoms with Crippen molar-refractivity contribution >= 4 is 11.9 Å². The van der Waals surface area contributed by atoms with E-state index in [9.17, 15) is 9.59 Å². The van der Waals surface area contributed by atoms with Crippen molar-refractivity contribution in [3.63, 3.8) is 0 Å². The Morgan fingerprint density at radius 2 is 1.74 bits per heavy atom. The lowest BCUT2D eigenvalue weighted by molar-refractivity contribution is -0.129. The van der Waals surface area contributed by atoms with Gasteiger partial charge in [-0.25, -0.2) is 4.79 Å². The van der Waals surface area contributed by atoms with E-state index in [1.807, 2.05) is 45.0 Å². The molecule has 1 aliphatic rings. The van der Waals surface area contributed by atoms with Crippen LogP contribution in [-0.2, 0) is 16.1 Å². The second-order valence-electron chi connectivity index (χ2n) is 8.26. The Balaban J connectivity index is 1.89. The van der Waals surface area contributed by atoms with E-state index in [-0.39, 0.29) is 11.9 Å². The molecule has 1 N–H and O–H groups in total. The lowest BCUT2D eigenvalue weighted by atomic mass is 9.75. The fourth-order valence-corrected chi connectivity index (χ4v) is 3.29. The van der Waals surface area contributed by atoms with Crippen molar-refractivity contribution in [2.24, 2.45) is 5.41 Å². The first kappa shape index (κ1) is 21.2. The number of rotatable bonds is 6. The normalized spacial score (nSPS) is 16.7. The molecule has 0 saturated carbocycles. The van der Waals surface area contributed by atoms with E-state index in [0.29, 0.717) is 39.0 Å². The minimum atomic E-state index is -0.508. The highest BCUT2D eigenvalue weighted by Crippen LogP contribution is 2.32. The summed E-state index contributed by atoms with van der Waals surface area (Å²) in [6, 6.07) is 7.88. The SMILES string of the molecule is COc1ccc(CNCC2(C(C)=O)CCN(C(=O)OC(C)(C)C)CC2)cc1. The Labute approximate surface area is 162 Å². The van der Waals surface area contributed by atoms with E-state index in [1.165, 1.54) is 0 Å². The van der Waals surface area contributed by atoms with Gasteiger partial charge in [0.25, 0.3) is 0 Å². The van der Waals surface area contributed by atoms with Crippen LogP contribution in [-0.4, -0.2) is 49.1 Å². The Morgan fingerprint density at radius 1 is 1.15 bits per heavy atom. The molecular weight excluding hydrogens is 344 g/mol. The molecule has 2 rings (SSSR count). The van der Waals surface area contributed by atoms with E-state index >= 15 is 0 Å². The Kier molecular flexibility index (Phi) is 6.87. The highest BCUT2D eigenvalue weighted by Gasteiger charge is 2.40. The zero-order valence-electron chi connectivity index (χ0n) is 17.1. The van der Waals surface area contributed by atoms with Gasteiger partial charge < -0.3 is 19.7 Å². The van der Waals surface area contributed by atoms with Crippen LogP contribution in [0, 0.1) is 5.41 Å². The van der Waals surface area contributed by atoms with Crippen LogP contribution < -0.4 is 10.1 Å². The van der Waals surface area contributed by atoms with E-state index in [0.717, 1.165) is 11.3 Å². The zero-order valence-corrected chi connectivity index (χ0v) is 17.1. The summed E-state index contributed by atoms with van der Waals surface area (Å²) >= 11 is 0. The number of benzene rings is 1. The molecule has 0 atom stereocenters. The average Bonchev–Trinajstić information content (AvgIpc) is 2.61. The van der Waals surface area contributed by atoms with Gasteiger partial charge in [-0.1, -0.05) is 12.1 Å². The molecular formula is C21H32N2O4. The molecule has 1 amide bonds. The molecule has 6 nitrogen and oxygen atoms in total. The van der Waals surface area contributed by atoms with Crippen molar-refractivity contribution in [3.8, 4) is 5.75 Å². The van der Waals surface area contributed by atoms with Crippen molar-refractivity contribution in [1.29, 1.82) is 0 Å². The molecule has 1 fully saturated rings. The van der Waals surface area contributed by atoms with Crippen molar-refractivity contribution in [3.05, 3.63) is 29.8 Å². The van der Waals surface area contributed by atoms with Gasteiger partial charge in [0.15, 0.2) is 0 Å². The number of piperidine rings is 1. The summed E-state index contributed by atoms with van der Waals surface area (Å²) < 4.78 is 10.6. The number of amides is 1. The molecule has 0 aliphatic carbocycles. The molecule has 0 unspecified atom stereocenters. The molecule has 27 heavy (non-hydrogen) atoms. The molecule has 6 heteroatoms. The number of hydrogen-bond acceptors (Lipinski definition) is 5. The van der Waals surface area contributed by atoms with E-state index < -0.39 is 11.0 Å². The number of nitrogens with one attached hydrogen (secondary N) is 1. The smallest absolute Gasteiger partial charge is 0.410 e. The largest absolute Gasteiger partial charge is 0.497 e. The van der Waals surface area contributed by atoms with Gasteiger partial charge in [-0.2, -0.15) is 0 Å². The highest BCUT2D eigenvalue weighted by molar-refractivity contribution is 5.83. The van der Waals surface area contributed by atoms with Gasteiger partial charge in [-0.15, -0.1) is 0 Å². The maximum Gasteiger partial charge on any atom is 0.410 e. The topological polar surface area (TPSA) is 67.9 Å². The van der Waals surface area contributed by atoms with Crippen LogP contribution in [0.2, 0.25) is 0 Å². The minimum absolute atomic E-state index is 0.175. The molecule has 1 aromatic carbocycles. The third kappa shape index (κ3) is 5.96. The lowest BCUT2D eigenvalue weighted by Gasteiger charge is -2.40. The van der Waals surface area contributed by atoms with Gasteiger partial charge >= 0.3 is 6.09 Å². The van der Waals surface area contributed by atoms with Crippen molar-refractivity contribution in [2.75, 3.05) is 26.7 Å². The molecule has 1 heterocycles. The summed E-state index contributed by atoms with van der Waals surface area (Å²) in [6.07, 6.45) is 1.000. The Morgan fingerprint density at radius 3 is 2.22 bits per heavy atom. The number of ether oxygens (including phenoxy) is 2. The van der Waals surface area contributed by atoms with Crippen LogP contribution in [0.5, 0.6) is 5.75 Å². The van der Waals surface area contributed by atoms with Crippen LogP contribution in [0.1, 0.15) is 46.1 Å². The zero-order chi connectivity index (χ0) is 20.1. The maximum atomic E-state index is 12.4. The second-order valence-corrected chi connectivity index (χ2v) is 8.26. The van der Waals surface area contributed by atoms with E-state index in [4.69, 9.17) is 9.47 Å². The number of carbonyl (C=O) groups excluding carboxylic acids is 2. The van der Waals surface area contributed by atoms with E-state index in [1.54, 1.807) is 18.9 Å². The molecule has 0 bridgehead atoms. The molecule has 0 radical (unpaired) electrons. The molecule has 0 spiro atoms. The first-order valence-electron chi connectivity index (χ1n) is 9.48. The highest BCUT2D eigenvalue weighted by atomic mass is 16.6. The van der Waals surface area contributed by atoms with Crippen molar-refractivity contribution < 1.29 is 19.1 Å². The maximum absolute atomic E-state index is 12.4. The number of carbonyl (C=O) groups is 2. The predicted octanol–water partition coefficient (Wildman–Crippen LogP) is 3.39. The summed E-state index contributed by atoms with van der Waals surface area (Å²) in [5.41, 5.74) is 0.206. The van der Waals surface area contributed by atoms with E-state index in [2.05, 4.69) is 5.32 Å². The van der Waals surface area contributed by atoms with Crippen LogP contribution >= 0.6 is 0 Å². The number of methoxy groups -OCH3 is 1. The van der Waals surface area contributed by atoms with Crippen LogP contribution in [0.25, 0.3) is 0 Å². The second kappa shape index (κ2) is 8.74. The van der Waals surface area contributed by atoms with Crippen LogP contribution in [0.3, 0.4) is 0 Å². The third-order valence-electron chi connectivity index (χ3n) is 5.07. The quantitative estimate of drug-likeness (QED) is 0.824. The molecule has 1 aliphatic heterocycles. The van der Waals surface area contributed by atoms with Crippen molar-refractivity contribution in [2.45, 2.75) is 52.7 Å². The fraction of sp³-hybridized carbons (Fsp3) is 0.619.